The number of hydrogen-bond donors (Lipinski definition) is 0. The number of anilines is 2. The van der Waals surface area contributed by atoms with E-state index >= 15 is 0 Å². The van der Waals surface area contributed by atoms with Gasteiger partial charge in [-0.2, -0.15) is 0 Å². The summed E-state index contributed by atoms with van der Waals surface area (Å²) in [6.45, 7) is 11.3. The van der Waals surface area contributed by atoms with Crippen molar-refractivity contribution in [3.05, 3.63) is 78.4 Å². The Labute approximate surface area is 238 Å². The third kappa shape index (κ3) is 7.04. The van der Waals surface area contributed by atoms with E-state index in [0.29, 0.717) is 24.6 Å². The number of ether oxygens (including phenoxy) is 1. The molecule has 2 amide bonds. The van der Waals surface area contributed by atoms with Crippen LogP contribution in [-0.4, -0.2) is 60.0 Å². The number of rotatable bonds is 12. The monoisotopic (exact) mass is 543 g/mol. The Kier molecular flexibility index (Phi) is 9.53. The van der Waals surface area contributed by atoms with E-state index in [1.807, 2.05) is 42.9 Å². The molecule has 0 unspecified atom stereocenters. The smallest absolute Gasteiger partial charge is 0.242 e. The molecule has 212 valence electrons. The van der Waals surface area contributed by atoms with Crippen LogP contribution >= 0.6 is 0 Å². The molecule has 8 heteroatoms. The number of fused-ring (bicyclic) bond motifs is 1. The molecule has 0 fully saturated rings. The van der Waals surface area contributed by atoms with Gasteiger partial charge in [-0.25, -0.2) is 0 Å². The highest BCUT2D eigenvalue weighted by molar-refractivity contribution is 6.20. The first-order valence-electron chi connectivity index (χ1n) is 14.0. The van der Waals surface area contributed by atoms with Crippen molar-refractivity contribution in [2.24, 2.45) is 11.3 Å². The third-order valence-corrected chi connectivity index (χ3v) is 7.25. The van der Waals surface area contributed by atoms with Gasteiger partial charge in [0.05, 0.1) is 18.0 Å². The second-order valence-corrected chi connectivity index (χ2v) is 11.4. The summed E-state index contributed by atoms with van der Waals surface area (Å²) in [5.41, 5.74) is 2.74. The number of carbonyl (C=O) groups is 2. The van der Waals surface area contributed by atoms with Gasteiger partial charge in [0.1, 0.15) is 11.2 Å². The Morgan fingerprint density at radius 2 is 1.70 bits per heavy atom. The van der Waals surface area contributed by atoms with Crippen molar-refractivity contribution in [1.82, 2.24) is 14.9 Å². The van der Waals surface area contributed by atoms with Crippen LogP contribution in [0.25, 0.3) is 0 Å². The third-order valence-electron chi connectivity index (χ3n) is 7.25. The normalized spacial score (nSPS) is 15.0. The van der Waals surface area contributed by atoms with Crippen molar-refractivity contribution in [2.75, 3.05) is 43.1 Å². The van der Waals surface area contributed by atoms with Gasteiger partial charge in [0, 0.05) is 64.1 Å². The predicted molar refractivity (Wildman–Crippen MR) is 158 cm³/mol. The largest absolute Gasteiger partial charge is 0.493 e. The molecule has 1 aromatic carbocycles. The van der Waals surface area contributed by atoms with Gasteiger partial charge < -0.3 is 14.5 Å². The Morgan fingerprint density at radius 3 is 2.40 bits per heavy atom. The van der Waals surface area contributed by atoms with E-state index in [1.165, 1.54) is 11.1 Å². The first-order chi connectivity index (χ1) is 19.2. The second-order valence-electron chi connectivity index (χ2n) is 11.4. The molecule has 1 aliphatic heterocycles. The highest BCUT2D eigenvalue weighted by Crippen LogP contribution is 2.40. The van der Waals surface area contributed by atoms with Crippen molar-refractivity contribution in [3.8, 4) is 5.75 Å². The fourth-order valence-corrected chi connectivity index (χ4v) is 5.03. The van der Waals surface area contributed by atoms with E-state index in [1.54, 1.807) is 36.9 Å². The van der Waals surface area contributed by atoms with E-state index in [0.717, 1.165) is 38.2 Å². The molecule has 1 aliphatic rings. The van der Waals surface area contributed by atoms with Crippen molar-refractivity contribution in [3.63, 3.8) is 0 Å². The first-order valence-corrected chi connectivity index (χ1v) is 14.0. The molecular weight excluding hydrogens is 502 g/mol. The number of hydrogen-bond acceptors (Lipinski definition) is 6. The van der Waals surface area contributed by atoms with E-state index in [-0.39, 0.29) is 17.7 Å². The molecule has 2 aromatic heterocycles. The van der Waals surface area contributed by atoms with Crippen LogP contribution in [0.1, 0.15) is 45.2 Å². The molecule has 3 aromatic rings. The van der Waals surface area contributed by atoms with Gasteiger partial charge in [0.15, 0.2) is 0 Å². The molecule has 3 heterocycles. The molecule has 0 aliphatic carbocycles. The minimum atomic E-state index is -1.14. The molecule has 0 atom stereocenters. The van der Waals surface area contributed by atoms with Crippen molar-refractivity contribution in [2.45, 2.75) is 47.1 Å². The molecule has 0 saturated carbocycles. The van der Waals surface area contributed by atoms with Crippen LogP contribution < -0.4 is 14.5 Å². The molecule has 0 saturated heterocycles. The van der Waals surface area contributed by atoms with Gasteiger partial charge >= 0.3 is 0 Å². The maximum Gasteiger partial charge on any atom is 0.242 e. The van der Waals surface area contributed by atoms with E-state index in [4.69, 9.17) is 4.74 Å². The summed E-state index contributed by atoms with van der Waals surface area (Å²) in [5, 5.41) is 0. The van der Waals surface area contributed by atoms with Crippen LogP contribution in [0.5, 0.6) is 5.75 Å². The van der Waals surface area contributed by atoms with E-state index in [2.05, 4.69) is 46.9 Å². The van der Waals surface area contributed by atoms with Crippen molar-refractivity contribution >= 4 is 23.2 Å². The number of nitrogens with zero attached hydrogens (tertiary/aromatic N) is 5. The average molecular weight is 544 g/mol. The summed E-state index contributed by atoms with van der Waals surface area (Å²) in [7, 11) is 1.73. The lowest BCUT2D eigenvalue weighted by Gasteiger charge is -2.29. The van der Waals surface area contributed by atoms with Crippen LogP contribution in [0.3, 0.4) is 0 Å². The van der Waals surface area contributed by atoms with Crippen LogP contribution in [0, 0.1) is 11.3 Å². The fourth-order valence-electron chi connectivity index (χ4n) is 5.03. The molecular formula is C32H41N5O3. The number of carbonyl (C=O) groups excluding carboxylic acids is 2. The standard InChI is InChI=1S/C32H41N5O3/c1-24(2)22-37-28-10-9-27(20-29(28)35(5)30(38)32(3,4)31(37)39)40-19-7-17-36(23-26-11-15-33-16-12-26)18-13-25-8-6-14-34-21-25/h6,8-12,14-16,20-21,24H,7,13,17-19,22-23H2,1-5H3. The molecule has 0 radical (unpaired) electrons. The maximum absolute atomic E-state index is 13.4. The minimum absolute atomic E-state index is 0.175. The molecule has 4 rings (SSSR count). The van der Waals surface area contributed by atoms with Crippen molar-refractivity contribution < 1.29 is 14.3 Å². The minimum Gasteiger partial charge on any atom is -0.493 e. The molecule has 0 N–H and O–H groups in total. The van der Waals surface area contributed by atoms with Gasteiger partial charge in [-0.3, -0.25) is 24.5 Å². The highest BCUT2D eigenvalue weighted by atomic mass is 16.5. The maximum atomic E-state index is 13.4. The summed E-state index contributed by atoms with van der Waals surface area (Å²) in [6, 6.07) is 13.9. The quantitative estimate of drug-likeness (QED) is 0.237. The summed E-state index contributed by atoms with van der Waals surface area (Å²) in [6.07, 6.45) is 9.14. The Balaban J connectivity index is 1.42. The fraction of sp³-hybridized carbons (Fsp3) is 0.438. The van der Waals surface area contributed by atoms with E-state index < -0.39 is 5.41 Å². The van der Waals surface area contributed by atoms with Gasteiger partial charge in [-0.1, -0.05) is 19.9 Å². The lowest BCUT2D eigenvalue weighted by atomic mass is 9.90. The average Bonchev–Trinajstić information content (AvgIpc) is 3.00. The zero-order chi connectivity index (χ0) is 28.7. The Bertz CT molecular complexity index is 1280. The summed E-state index contributed by atoms with van der Waals surface area (Å²) < 4.78 is 6.17. The SMILES string of the molecule is CC(C)CN1C(=O)C(C)(C)C(=O)N(C)c2cc(OCCCN(CCc3cccnc3)Cc3ccncc3)ccc21. The highest BCUT2D eigenvalue weighted by Gasteiger charge is 2.45. The first kappa shape index (κ1) is 29.2. The zero-order valence-electron chi connectivity index (χ0n) is 24.3. The molecule has 8 nitrogen and oxygen atoms in total. The second kappa shape index (κ2) is 13.0. The van der Waals surface area contributed by atoms with Gasteiger partial charge in [-0.15, -0.1) is 0 Å². The topological polar surface area (TPSA) is 78.9 Å². The van der Waals surface area contributed by atoms with Gasteiger partial charge in [0.25, 0.3) is 0 Å². The lowest BCUT2D eigenvalue weighted by Crippen LogP contribution is -2.48. The van der Waals surface area contributed by atoms with Crippen LogP contribution in [0.4, 0.5) is 11.4 Å². The number of benzene rings is 1. The molecule has 40 heavy (non-hydrogen) atoms. The summed E-state index contributed by atoms with van der Waals surface area (Å²) in [4.78, 5) is 40.8. The predicted octanol–water partition coefficient (Wildman–Crippen LogP) is 4.98. The summed E-state index contributed by atoms with van der Waals surface area (Å²) >= 11 is 0. The van der Waals surface area contributed by atoms with E-state index in [9.17, 15) is 9.59 Å². The van der Waals surface area contributed by atoms with Crippen LogP contribution in [0.15, 0.2) is 67.3 Å². The Hall–Kier alpha value is -3.78. The molecule has 0 spiro atoms. The Morgan fingerprint density at radius 1 is 0.925 bits per heavy atom. The van der Waals surface area contributed by atoms with Gasteiger partial charge in [0.2, 0.25) is 11.8 Å². The number of pyridine rings is 2. The van der Waals surface area contributed by atoms with Gasteiger partial charge in [-0.05, 0) is 74.1 Å². The molecule has 0 bridgehead atoms. The summed E-state index contributed by atoms with van der Waals surface area (Å²) in [5.74, 6) is 0.551. The number of aromatic nitrogens is 2. The lowest BCUT2D eigenvalue weighted by molar-refractivity contribution is -0.137. The number of amides is 2. The van der Waals surface area contributed by atoms with Crippen LogP contribution in [-0.2, 0) is 22.6 Å². The zero-order valence-corrected chi connectivity index (χ0v) is 24.3. The van der Waals surface area contributed by atoms with Crippen molar-refractivity contribution in [1.29, 1.82) is 0 Å². The van der Waals surface area contributed by atoms with Crippen LogP contribution in [0.2, 0.25) is 0 Å².